The van der Waals surface area contributed by atoms with E-state index in [9.17, 15) is 13.0 Å². The average Bonchev–Trinajstić information content (AvgIpc) is 2.93. The number of thiazole rings is 1. The van der Waals surface area contributed by atoms with Crippen LogP contribution in [0, 0.1) is 0 Å². The number of hydrogen-bond acceptors (Lipinski definition) is 5. The lowest BCUT2D eigenvalue weighted by Gasteiger charge is -1.97. The Labute approximate surface area is 150 Å². The van der Waals surface area contributed by atoms with Crippen molar-refractivity contribution in [3.05, 3.63) is 36.4 Å². The van der Waals surface area contributed by atoms with Gasteiger partial charge in [-0.05, 0) is 30.1 Å². The summed E-state index contributed by atoms with van der Waals surface area (Å²) in [7, 11) is -3.70. The second kappa shape index (κ2) is 8.29. The van der Waals surface area contributed by atoms with E-state index in [2.05, 4.69) is 50.2 Å². The molecule has 2 aromatic carbocycles. The molecule has 1 unspecified atom stereocenters. The molecule has 3 rings (SSSR count). The number of rotatable bonds is 4. The van der Waals surface area contributed by atoms with E-state index in [1.165, 1.54) is 32.3 Å². The summed E-state index contributed by atoms with van der Waals surface area (Å²) in [6.07, 6.45) is 0. The number of benzene rings is 2. The van der Waals surface area contributed by atoms with E-state index in [4.69, 9.17) is 4.98 Å². The molecule has 0 aliphatic rings. The smallest absolute Gasteiger partial charge is 0.303 e. The highest BCUT2D eigenvalue weighted by atomic mass is 32.2. The molecule has 0 spiro atoms. The minimum Gasteiger partial charge on any atom is -0.748 e. The third-order valence-corrected chi connectivity index (χ3v) is 7.69. The van der Waals surface area contributed by atoms with Crippen LogP contribution < -0.4 is 0 Å². The zero-order valence-electron chi connectivity index (χ0n) is 14.0. The minimum absolute atomic E-state index is 0.210. The van der Waals surface area contributed by atoms with Crippen molar-refractivity contribution < 1.29 is 13.0 Å². The number of fused-ring (bicyclic) bond motifs is 3. The first kappa shape index (κ1) is 19.2. The van der Waals surface area contributed by atoms with Crippen LogP contribution in [0.3, 0.4) is 0 Å². The predicted molar refractivity (Wildman–Crippen MR) is 104 cm³/mol. The minimum atomic E-state index is -3.91. The molecule has 3 aromatic rings. The van der Waals surface area contributed by atoms with Gasteiger partial charge in [0.25, 0.3) is 0 Å². The zero-order valence-corrected chi connectivity index (χ0v) is 16.4. The Kier molecular flexibility index (Phi) is 6.62. The lowest BCUT2D eigenvalue weighted by atomic mass is 10.1. The third kappa shape index (κ3) is 4.47. The van der Waals surface area contributed by atoms with Crippen molar-refractivity contribution in [3.63, 3.8) is 0 Å². The fraction of sp³-hybridized carbons (Fsp3) is 0.353. The van der Waals surface area contributed by atoms with Crippen molar-refractivity contribution in [1.29, 1.82) is 0 Å². The van der Waals surface area contributed by atoms with Gasteiger partial charge in [-0.25, -0.2) is 8.42 Å². The van der Waals surface area contributed by atoms with E-state index >= 15 is 0 Å². The molecule has 130 valence electrons. The fourth-order valence-corrected chi connectivity index (χ4v) is 5.81. The molecule has 1 atom stereocenters. The van der Waals surface area contributed by atoms with Crippen molar-refractivity contribution in [1.82, 2.24) is 4.98 Å². The van der Waals surface area contributed by atoms with E-state index in [1.54, 1.807) is 0 Å². The Hall–Kier alpha value is -1.15. The topological polar surface area (TPSA) is 70.1 Å². The Morgan fingerprint density at radius 2 is 1.79 bits per heavy atom. The van der Waals surface area contributed by atoms with E-state index in [1.807, 2.05) is 11.8 Å². The Morgan fingerprint density at radius 1 is 1.12 bits per heavy atom. The summed E-state index contributed by atoms with van der Waals surface area (Å²) in [6.45, 7) is 5.77. The van der Waals surface area contributed by atoms with Crippen LogP contribution in [-0.4, -0.2) is 29.5 Å². The lowest BCUT2D eigenvalue weighted by molar-refractivity contribution is 0.464. The van der Waals surface area contributed by atoms with Crippen molar-refractivity contribution in [3.8, 4) is 0 Å². The molecule has 0 saturated carbocycles. The quantitative estimate of drug-likeness (QED) is 0.367. The molecule has 24 heavy (non-hydrogen) atoms. The summed E-state index contributed by atoms with van der Waals surface area (Å²) >= 11 is 1.90. The number of nitrogens with zero attached hydrogens (tertiary/aromatic N) is 1. The molecule has 0 fully saturated rings. The molecular weight excluding hydrogens is 362 g/mol. The van der Waals surface area contributed by atoms with Gasteiger partial charge in [-0.15, -0.1) is 0 Å². The highest BCUT2D eigenvalue weighted by molar-refractivity contribution is 8.01. The molecule has 0 N–H and O–H groups in total. The Morgan fingerprint density at radius 3 is 2.38 bits per heavy atom. The standard InChI is InChI=1S/C15H16NS2.C2H6O3S/c1-3-17-15-16-14-12-8-6-5-7-11(12)9-10-13(14)18(15)4-2;1-2-6(3,4)5/h5-10H,3-4H2,1-2H3;2H2,1H3,(H,3,4,5)/q+1;/p-1. The van der Waals surface area contributed by atoms with E-state index in [-0.39, 0.29) is 16.2 Å². The molecule has 1 heterocycles. The van der Waals surface area contributed by atoms with Crippen molar-refractivity contribution >= 4 is 53.3 Å². The second-order valence-corrected chi connectivity index (χ2v) is 10.4. The van der Waals surface area contributed by atoms with Gasteiger partial charge in [-0.2, -0.15) is 4.98 Å². The van der Waals surface area contributed by atoms with Gasteiger partial charge in [-0.3, -0.25) is 0 Å². The molecule has 4 nitrogen and oxygen atoms in total. The molecule has 0 aliphatic heterocycles. The second-order valence-electron chi connectivity index (χ2n) is 4.97. The highest BCUT2D eigenvalue weighted by Gasteiger charge is 2.22. The first-order valence-electron chi connectivity index (χ1n) is 7.78. The van der Waals surface area contributed by atoms with Crippen LogP contribution in [-0.2, 0) is 15.9 Å². The maximum atomic E-state index is 9.44. The van der Waals surface area contributed by atoms with Gasteiger partial charge in [0.15, 0.2) is 0 Å². The molecular formula is C17H21NO3S3. The van der Waals surface area contributed by atoms with Gasteiger partial charge >= 0.3 is 4.34 Å². The zero-order chi connectivity index (χ0) is 17.7. The average molecular weight is 384 g/mol. The van der Waals surface area contributed by atoms with Gasteiger partial charge in [0.05, 0.1) is 10.1 Å². The summed E-state index contributed by atoms with van der Waals surface area (Å²) in [5.74, 6) is 1.96. The predicted octanol–water partition coefficient (Wildman–Crippen LogP) is 4.82. The molecule has 7 heteroatoms. The first-order chi connectivity index (χ1) is 11.4. The molecule has 0 saturated heterocycles. The maximum Gasteiger partial charge on any atom is 0.303 e. The van der Waals surface area contributed by atoms with Gasteiger partial charge in [0.1, 0.15) is 11.3 Å². The van der Waals surface area contributed by atoms with Crippen LogP contribution in [0.1, 0.15) is 20.8 Å². The van der Waals surface area contributed by atoms with Crippen LogP contribution in [0.2, 0.25) is 0 Å². The number of aromatic nitrogens is 1. The normalized spacial score (nSPS) is 12.2. The molecule has 1 aromatic heterocycles. The van der Waals surface area contributed by atoms with Gasteiger partial charge in [0.2, 0.25) is 4.70 Å². The highest BCUT2D eigenvalue weighted by Crippen LogP contribution is 2.42. The number of hydrogen-bond donors (Lipinski definition) is 0. The number of aryl methyl sites for hydroxylation is 1. The van der Waals surface area contributed by atoms with Crippen LogP contribution >= 0.6 is 22.2 Å². The van der Waals surface area contributed by atoms with Crippen molar-refractivity contribution in [2.45, 2.75) is 30.9 Å². The number of thioether (sulfide) groups is 1. The molecule has 0 bridgehead atoms. The first-order valence-corrected chi connectivity index (χ1v) is 11.7. The van der Waals surface area contributed by atoms with Crippen molar-refractivity contribution in [2.75, 3.05) is 11.5 Å². The van der Waals surface area contributed by atoms with Crippen LogP contribution in [0.4, 0.5) is 0 Å². The summed E-state index contributed by atoms with van der Waals surface area (Å²) in [4.78, 5) is 4.91. The summed E-state index contributed by atoms with van der Waals surface area (Å²) < 4.78 is 31.1. The SMILES string of the molecule is CCS(=O)(=O)[O-].CCSc1nc2c3ccccc3ccc2[s+]1CC. The summed E-state index contributed by atoms with van der Waals surface area (Å²) in [6, 6.07) is 13.1. The van der Waals surface area contributed by atoms with Gasteiger partial charge in [-0.1, -0.05) is 38.1 Å². The Bertz CT molecular complexity index is 933. The van der Waals surface area contributed by atoms with Crippen LogP contribution in [0.5, 0.6) is 0 Å². The largest absolute Gasteiger partial charge is 0.748 e. The molecule has 0 aliphatic carbocycles. The molecule has 0 amide bonds. The Balaban J connectivity index is 0.000000301. The van der Waals surface area contributed by atoms with Crippen LogP contribution in [0.25, 0.3) is 21.0 Å². The monoisotopic (exact) mass is 383 g/mol. The van der Waals surface area contributed by atoms with Crippen LogP contribution in [0.15, 0.2) is 40.7 Å². The summed E-state index contributed by atoms with van der Waals surface area (Å²) in [5, 5.41) is 2.59. The van der Waals surface area contributed by atoms with Gasteiger partial charge < -0.3 is 4.55 Å². The van der Waals surface area contributed by atoms with Gasteiger partial charge in [0, 0.05) is 33.4 Å². The third-order valence-electron chi connectivity index (χ3n) is 3.45. The van der Waals surface area contributed by atoms with E-state index in [0.29, 0.717) is 0 Å². The molecule has 0 radical (unpaired) electrons. The van der Waals surface area contributed by atoms with E-state index < -0.39 is 10.1 Å². The maximum absolute atomic E-state index is 9.44. The van der Waals surface area contributed by atoms with E-state index in [0.717, 1.165) is 11.5 Å². The lowest BCUT2D eigenvalue weighted by Crippen LogP contribution is -1.98. The van der Waals surface area contributed by atoms with Crippen molar-refractivity contribution in [2.24, 2.45) is 0 Å². The summed E-state index contributed by atoms with van der Waals surface area (Å²) in [5.41, 5.74) is 1.22. The fourth-order valence-electron chi connectivity index (χ4n) is 2.30.